The van der Waals surface area contributed by atoms with E-state index in [-0.39, 0.29) is 30.8 Å². The van der Waals surface area contributed by atoms with Crippen LogP contribution < -0.4 is 5.32 Å². The van der Waals surface area contributed by atoms with Crippen LogP contribution in [-0.4, -0.2) is 47.3 Å². The molecular weight excluding hydrogens is 458 g/mol. The topological polar surface area (TPSA) is 102 Å². The number of nitrogens with one attached hydrogen (secondary N) is 1. The number of allylic oxidation sites excluding steroid dienone is 7. The molecule has 4 atom stereocenters. The van der Waals surface area contributed by atoms with Crippen molar-refractivity contribution in [2.75, 3.05) is 0 Å². The van der Waals surface area contributed by atoms with Crippen molar-refractivity contribution in [3.8, 4) is 0 Å². The number of hydrogen-bond acceptors (Lipinski definition) is 6. The van der Waals surface area contributed by atoms with Crippen LogP contribution in [0.5, 0.6) is 0 Å². The molecule has 0 unspecified atom stereocenters. The summed E-state index contributed by atoms with van der Waals surface area (Å²) in [6.07, 6.45) is 15.6. The van der Waals surface area contributed by atoms with Crippen LogP contribution in [0.1, 0.15) is 52.9 Å². The fraction of sp³-hybridized carbons (Fsp3) is 0.414. The summed E-state index contributed by atoms with van der Waals surface area (Å²) in [5, 5.41) is 13.1. The van der Waals surface area contributed by atoms with Gasteiger partial charge in [-0.25, -0.2) is 4.79 Å². The van der Waals surface area contributed by atoms with Crippen molar-refractivity contribution in [3.05, 3.63) is 84.1 Å². The average molecular weight is 496 g/mol. The maximum Gasteiger partial charge on any atom is 0.331 e. The summed E-state index contributed by atoms with van der Waals surface area (Å²) < 4.78 is 11.7. The first-order valence-electron chi connectivity index (χ1n) is 12.2. The first kappa shape index (κ1) is 28.9. The fourth-order valence-electron chi connectivity index (χ4n) is 3.96. The molecule has 0 saturated carbocycles. The molecule has 2 bridgehead atoms. The minimum atomic E-state index is -1.42. The van der Waals surface area contributed by atoms with Crippen molar-refractivity contribution in [1.29, 1.82) is 0 Å². The van der Waals surface area contributed by atoms with Gasteiger partial charge in [0, 0.05) is 25.0 Å². The Hall–Kier alpha value is -3.29. The van der Waals surface area contributed by atoms with Crippen LogP contribution in [0, 0.1) is 0 Å². The average Bonchev–Trinajstić information content (AvgIpc) is 2.77. The monoisotopic (exact) mass is 495 g/mol. The maximum absolute atomic E-state index is 12.5. The van der Waals surface area contributed by atoms with Gasteiger partial charge in [-0.1, -0.05) is 65.8 Å². The van der Waals surface area contributed by atoms with Crippen LogP contribution in [0.2, 0.25) is 0 Å². The molecule has 7 nitrogen and oxygen atoms in total. The Morgan fingerprint density at radius 3 is 2.69 bits per heavy atom. The van der Waals surface area contributed by atoms with Crippen LogP contribution in [0.3, 0.4) is 0 Å². The highest BCUT2D eigenvalue weighted by molar-refractivity contribution is 5.91. The van der Waals surface area contributed by atoms with Gasteiger partial charge >= 0.3 is 5.97 Å². The van der Waals surface area contributed by atoms with Gasteiger partial charge in [0.15, 0.2) is 18.1 Å². The number of rotatable bonds is 4. The molecule has 2 aliphatic heterocycles. The number of ether oxygens (including phenoxy) is 2. The van der Waals surface area contributed by atoms with Crippen molar-refractivity contribution < 1.29 is 29.0 Å². The number of fused-ring (bicyclic) bond motifs is 2. The van der Waals surface area contributed by atoms with E-state index in [1.807, 2.05) is 26.0 Å². The Kier molecular flexibility index (Phi) is 12.0. The number of ketones is 1. The highest BCUT2D eigenvalue weighted by Gasteiger charge is 2.26. The summed E-state index contributed by atoms with van der Waals surface area (Å²) in [5.41, 5.74) is 2.67. The number of cyclic esters (lactones) is 1. The second-order valence-electron chi connectivity index (χ2n) is 9.14. The molecule has 0 radical (unpaired) electrons. The summed E-state index contributed by atoms with van der Waals surface area (Å²) in [4.78, 5) is 36.8. The smallest absolute Gasteiger partial charge is 0.331 e. The Labute approximate surface area is 213 Å². The number of amides is 1. The van der Waals surface area contributed by atoms with E-state index < -0.39 is 24.2 Å². The molecule has 1 saturated heterocycles. The lowest BCUT2D eigenvalue weighted by Crippen LogP contribution is -2.44. The SMILES string of the molecule is C=C1C[C@H]2C/C=C/C(=O)C/C(C)=C\C=C\C(=O)O[C@@H]([C@H](O)NC(=O)/C=C\C=C\C)C/C(C)=C/[C@@H](C1)O2. The van der Waals surface area contributed by atoms with Gasteiger partial charge in [-0.2, -0.15) is 0 Å². The molecule has 2 heterocycles. The quantitative estimate of drug-likeness (QED) is 0.198. The Balaban J connectivity index is 2.28. The van der Waals surface area contributed by atoms with Gasteiger partial charge in [0.2, 0.25) is 5.91 Å². The predicted molar refractivity (Wildman–Crippen MR) is 140 cm³/mol. The first-order chi connectivity index (χ1) is 17.2. The van der Waals surface area contributed by atoms with E-state index in [2.05, 4.69) is 11.9 Å². The Morgan fingerprint density at radius 2 is 1.94 bits per heavy atom. The molecule has 7 heteroatoms. The molecule has 0 aromatic carbocycles. The largest absolute Gasteiger partial charge is 0.454 e. The molecule has 2 rings (SSSR count). The molecular formula is C29H37NO6. The predicted octanol–water partition coefficient (Wildman–Crippen LogP) is 4.33. The van der Waals surface area contributed by atoms with Gasteiger partial charge in [0.05, 0.1) is 12.2 Å². The second kappa shape index (κ2) is 15.0. The third-order valence-electron chi connectivity index (χ3n) is 5.60. The molecule has 0 aliphatic carbocycles. The van der Waals surface area contributed by atoms with Crippen molar-refractivity contribution in [3.63, 3.8) is 0 Å². The number of carbonyl (C=O) groups is 3. The van der Waals surface area contributed by atoms with E-state index in [1.54, 1.807) is 37.3 Å². The van der Waals surface area contributed by atoms with E-state index in [0.717, 1.165) is 23.1 Å². The second-order valence-corrected chi connectivity index (χ2v) is 9.14. The minimum Gasteiger partial charge on any atom is -0.454 e. The molecule has 1 fully saturated rings. The van der Waals surface area contributed by atoms with Gasteiger partial charge in [-0.05, 0) is 46.1 Å². The van der Waals surface area contributed by atoms with E-state index in [1.165, 1.54) is 18.2 Å². The summed E-state index contributed by atoms with van der Waals surface area (Å²) in [5.74, 6) is -1.23. The molecule has 36 heavy (non-hydrogen) atoms. The van der Waals surface area contributed by atoms with Crippen molar-refractivity contribution in [2.24, 2.45) is 0 Å². The van der Waals surface area contributed by atoms with Gasteiger partial charge in [-0.3, -0.25) is 9.59 Å². The Morgan fingerprint density at radius 1 is 1.17 bits per heavy atom. The molecule has 0 spiro atoms. The third kappa shape index (κ3) is 11.0. The molecule has 0 aromatic heterocycles. The van der Waals surface area contributed by atoms with E-state index >= 15 is 0 Å². The number of carbonyl (C=O) groups excluding carboxylic acids is 3. The summed E-state index contributed by atoms with van der Waals surface area (Å²) >= 11 is 0. The lowest BCUT2D eigenvalue weighted by molar-refractivity contribution is -0.151. The first-order valence-corrected chi connectivity index (χ1v) is 12.2. The molecule has 0 aromatic rings. The summed E-state index contributed by atoms with van der Waals surface area (Å²) in [7, 11) is 0. The highest BCUT2D eigenvalue weighted by Crippen LogP contribution is 2.27. The van der Waals surface area contributed by atoms with Gasteiger partial charge in [0.25, 0.3) is 0 Å². The lowest BCUT2D eigenvalue weighted by atomic mass is 9.95. The normalized spacial score (nSPS) is 30.3. The molecule has 194 valence electrons. The van der Waals surface area contributed by atoms with Gasteiger partial charge < -0.3 is 19.9 Å². The lowest BCUT2D eigenvalue weighted by Gasteiger charge is -2.30. The van der Waals surface area contributed by atoms with Crippen LogP contribution in [0.25, 0.3) is 0 Å². The van der Waals surface area contributed by atoms with Gasteiger partial charge in [-0.15, -0.1) is 0 Å². The van der Waals surface area contributed by atoms with Crippen LogP contribution >= 0.6 is 0 Å². The zero-order chi connectivity index (χ0) is 26.5. The zero-order valence-corrected chi connectivity index (χ0v) is 21.3. The van der Waals surface area contributed by atoms with E-state index in [4.69, 9.17) is 9.47 Å². The minimum absolute atomic E-state index is 0.0369. The number of esters is 1. The van der Waals surface area contributed by atoms with Crippen molar-refractivity contribution >= 4 is 17.7 Å². The van der Waals surface area contributed by atoms with E-state index in [9.17, 15) is 19.5 Å². The number of hydrogen-bond donors (Lipinski definition) is 2. The number of aliphatic hydroxyl groups excluding tert-OH is 1. The van der Waals surface area contributed by atoms with Crippen LogP contribution in [0.15, 0.2) is 84.1 Å². The standard InChI is InChI=1S/C29H37NO6/c1-5-6-7-13-27(32)30-29(34)26-19-22(4)18-25-17-21(3)16-24(35-25)12-9-11-23(31)15-20(2)10-8-14-28(33)36-26/h5-11,13-14,18,24-26,29,34H,3,12,15-17,19H2,1-2,4H3,(H,30,32)/b6-5+,11-9+,13-7-,14-8+,20-10-,22-18+/t24-,25-,26-,29+/m1/s1. The summed E-state index contributed by atoms with van der Waals surface area (Å²) in [6.45, 7) is 9.61. The number of aliphatic hydroxyl groups is 1. The fourth-order valence-corrected chi connectivity index (χ4v) is 3.96. The molecule has 1 amide bonds. The molecule has 2 aliphatic rings. The highest BCUT2D eigenvalue weighted by atomic mass is 16.6. The van der Waals surface area contributed by atoms with Crippen molar-refractivity contribution in [2.45, 2.75) is 77.4 Å². The van der Waals surface area contributed by atoms with Crippen LogP contribution in [0.4, 0.5) is 0 Å². The van der Waals surface area contributed by atoms with Crippen LogP contribution in [-0.2, 0) is 23.9 Å². The zero-order valence-electron chi connectivity index (χ0n) is 21.3. The third-order valence-corrected chi connectivity index (χ3v) is 5.60. The Bertz CT molecular complexity index is 997. The summed E-state index contributed by atoms with van der Waals surface area (Å²) in [6, 6.07) is 0. The maximum atomic E-state index is 12.5. The van der Waals surface area contributed by atoms with Crippen molar-refractivity contribution in [1.82, 2.24) is 5.32 Å². The van der Waals surface area contributed by atoms with Gasteiger partial charge in [0.1, 0.15) is 0 Å². The molecule has 2 N–H and O–H groups in total. The van der Waals surface area contributed by atoms with E-state index in [0.29, 0.717) is 12.8 Å².